The second-order valence-electron chi connectivity index (χ2n) is 6.29. The first-order valence-corrected chi connectivity index (χ1v) is 8.69. The van der Waals surface area contributed by atoms with Crippen molar-refractivity contribution in [3.63, 3.8) is 0 Å². The van der Waals surface area contributed by atoms with Gasteiger partial charge in [0.2, 0.25) is 5.91 Å². The number of hydrogen-bond donors (Lipinski definition) is 1. The van der Waals surface area contributed by atoms with Crippen molar-refractivity contribution >= 4 is 17.5 Å². The molecule has 0 spiro atoms. The highest BCUT2D eigenvalue weighted by molar-refractivity contribution is 6.31. The summed E-state index contributed by atoms with van der Waals surface area (Å²) in [5.74, 6) is 1.81. The Kier molecular flexibility index (Phi) is 5.41. The van der Waals surface area contributed by atoms with Crippen molar-refractivity contribution in [3.05, 3.63) is 64.7 Å². The Bertz CT molecular complexity index is 695. The van der Waals surface area contributed by atoms with Crippen molar-refractivity contribution in [2.24, 2.45) is 5.92 Å². The SMILES string of the molecule is COc1ccc(C(CC(=O)NCc2ccccc2Cl)C2CC2)cc1. The van der Waals surface area contributed by atoms with Crippen LogP contribution in [0.2, 0.25) is 5.02 Å². The molecular formula is C20H22ClNO2. The molecule has 1 saturated carbocycles. The van der Waals surface area contributed by atoms with Crippen LogP contribution in [0.3, 0.4) is 0 Å². The summed E-state index contributed by atoms with van der Waals surface area (Å²) in [4.78, 5) is 12.4. The molecule has 2 aromatic rings. The van der Waals surface area contributed by atoms with Gasteiger partial charge in [0.05, 0.1) is 7.11 Å². The zero-order chi connectivity index (χ0) is 16.9. The van der Waals surface area contributed by atoms with Crippen molar-refractivity contribution in [2.75, 3.05) is 7.11 Å². The molecule has 0 heterocycles. The molecule has 3 nitrogen and oxygen atoms in total. The fourth-order valence-electron chi connectivity index (χ4n) is 3.01. The Hall–Kier alpha value is -2.00. The van der Waals surface area contributed by atoms with E-state index in [1.165, 1.54) is 18.4 Å². The van der Waals surface area contributed by atoms with Crippen LogP contribution >= 0.6 is 11.6 Å². The van der Waals surface area contributed by atoms with Crippen molar-refractivity contribution in [1.82, 2.24) is 5.32 Å². The van der Waals surface area contributed by atoms with E-state index in [2.05, 4.69) is 17.4 Å². The van der Waals surface area contributed by atoms with E-state index in [9.17, 15) is 4.79 Å². The van der Waals surface area contributed by atoms with Crippen LogP contribution in [0.4, 0.5) is 0 Å². The lowest BCUT2D eigenvalue weighted by Crippen LogP contribution is -2.25. The lowest BCUT2D eigenvalue weighted by Gasteiger charge is -2.17. The molecule has 0 saturated heterocycles. The summed E-state index contributed by atoms with van der Waals surface area (Å²) in [5, 5.41) is 3.68. The molecule has 1 aliphatic rings. The monoisotopic (exact) mass is 343 g/mol. The van der Waals surface area contributed by atoms with Crippen molar-refractivity contribution < 1.29 is 9.53 Å². The first kappa shape index (κ1) is 16.8. The van der Waals surface area contributed by atoms with Crippen LogP contribution in [0.1, 0.15) is 36.3 Å². The lowest BCUT2D eigenvalue weighted by molar-refractivity contribution is -0.121. The standard InChI is InChI=1S/C20H22ClNO2/c1-24-17-10-8-15(9-11-17)18(14-6-7-14)12-20(23)22-13-16-4-2-3-5-19(16)21/h2-5,8-11,14,18H,6-7,12-13H2,1H3,(H,22,23). The van der Waals surface area contributed by atoms with Gasteiger partial charge < -0.3 is 10.1 Å². The van der Waals surface area contributed by atoms with E-state index in [-0.39, 0.29) is 11.8 Å². The molecule has 1 aliphatic carbocycles. The molecule has 1 atom stereocenters. The Labute approximate surface area is 148 Å². The highest BCUT2D eigenvalue weighted by Gasteiger charge is 2.33. The number of halogens is 1. The number of benzene rings is 2. The molecule has 1 N–H and O–H groups in total. The first-order chi connectivity index (χ1) is 11.7. The summed E-state index contributed by atoms with van der Waals surface area (Å²) in [6.07, 6.45) is 2.92. The van der Waals surface area contributed by atoms with Crippen molar-refractivity contribution in [3.8, 4) is 5.75 Å². The van der Waals surface area contributed by atoms with Gasteiger partial charge in [-0.2, -0.15) is 0 Å². The quantitative estimate of drug-likeness (QED) is 0.801. The molecule has 1 unspecified atom stereocenters. The molecule has 1 amide bonds. The minimum absolute atomic E-state index is 0.0719. The maximum absolute atomic E-state index is 12.4. The number of carbonyl (C=O) groups is 1. The summed E-state index contributed by atoms with van der Waals surface area (Å²) in [7, 11) is 1.66. The van der Waals surface area contributed by atoms with Crippen LogP contribution in [0, 0.1) is 5.92 Å². The van der Waals surface area contributed by atoms with Crippen LogP contribution in [-0.2, 0) is 11.3 Å². The van der Waals surface area contributed by atoms with Gasteiger partial charge in [0, 0.05) is 18.0 Å². The largest absolute Gasteiger partial charge is 0.497 e. The average Bonchev–Trinajstić information content (AvgIpc) is 3.44. The molecular weight excluding hydrogens is 322 g/mol. The topological polar surface area (TPSA) is 38.3 Å². The van der Waals surface area contributed by atoms with Gasteiger partial charge in [0.1, 0.15) is 5.75 Å². The molecule has 0 aromatic heterocycles. The molecule has 0 radical (unpaired) electrons. The number of hydrogen-bond acceptors (Lipinski definition) is 2. The van der Waals surface area contributed by atoms with Gasteiger partial charge in [-0.25, -0.2) is 0 Å². The smallest absolute Gasteiger partial charge is 0.220 e. The molecule has 3 rings (SSSR count). The second kappa shape index (κ2) is 7.71. The van der Waals surface area contributed by atoms with Crippen molar-refractivity contribution in [1.29, 1.82) is 0 Å². The minimum Gasteiger partial charge on any atom is -0.497 e. The number of ether oxygens (including phenoxy) is 1. The molecule has 0 aliphatic heterocycles. The van der Waals surface area contributed by atoms with Gasteiger partial charge in [-0.15, -0.1) is 0 Å². The zero-order valence-electron chi connectivity index (χ0n) is 13.8. The molecule has 1 fully saturated rings. The number of rotatable bonds is 7. The third-order valence-corrected chi connectivity index (χ3v) is 4.94. The highest BCUT2D eigenvalue weighted by atomic mass is 35.5. The molecule has 2 aromatic carbocycles. The van der Waals surface area contributed by atoms with Gasteiger partial charge in [-0.05, 0) is 54.0 Å². The van der Waals surface area contributed by atoms with Gasteiger partial charge >= 0.3 is 0 Å². The van der Waals surface area contributed by atoms with Crippen LogP contribution in [-0.4, -0.2) is 13.0 Å². The van der Waals surface area contributed by atoms with E-state index in [1.54, 1.807) is 7.11 Å². The predicted octanol–water partition coefficient (Wildman–Crippen LogP) is 4.55. The van der Waals surface area contributed by atoms with Crippen molar-refractivity contribution in [2.45, 2.75) is 31.7 Å². The van der Waals surface area contributed by atoms with E-state index in [0.29, 0.717) is 23.9 Å². The van der Waals surface area contributed by atoms with Crippen LogP contribution in [0.5, 0.6) is 5.75 Å². The number of amides is 1. The molecule has 24 heavy (non-hydrogen) atoms. The Morgan fingerprint density at radius 3 is 2.54 bits per heavy atom. The van der Waals surface area contributed by atoms with E-state index in [4.69, 9.17) is 16.3 Å². The average molecular weight is 344 g/mol. The number of methoxy groups -OCH3 is 1. The van der Waals surface area contributed by atoms with E-state index in [0.717, 1.165) is 11.3 Å². The molecule has 4 heteroatoms. The first-order valence-electron chi connectivity index (χ1n) is 8.31. The summed E-state index contributed by atoms with van der Waals surface area (Å²) in [5.41, 5.74) is 2.16. The molecule has 0 bridgehead atoms. The fraction of sp³-hybridized carbons (Fsp3) is 0.350. The second-order valence-corrected chi connectivity index (χ2v) is 6.70. The summed E-state index contributed by atoms with van der Waals surface area (Å²) < 4.78 is 5.21. The van der Waals surface area contributed by atoms with Gasteiger partial charge in [0.25, 0.3) is 0 Å². The van der Waals surface area contributed by atoms with E-state index < -0.39 is 0 Å². The summed E-state index contributed by atoms with van der Waals surface area (Å²) >= 11 is 6.14. The zero-order valence-corrected chi connectivity index (χ0v) is 14.6. The Morgan fingerprint density at radius 1 is 1.21 bits per heavy atom. The van der Waals surface area contributed by atoms with E-state index in [1.807, 2.05) is 36.4 Å². The fourth-order valence-corrected chi connectivity index (χ4v) is 3.22. The predicted molar refractivity (Wildman–Crippen MR) is 96.4 cm³/mol. The van der Waals surface area contributed by atoms with Crippen LogP contribution < -0.4 is 10.1 Å². The van der Waals surface area contributed by atoms with Crippen LogP contribution in [0.15, 0.2) is 48.5 Å². The van der Waals surface area contributed by atoms with Gasteiger partial charge in [-0.3, -0.25) is 4.79 Å². The third kappa shape index (κ3) is 4.30. The van der Waals surface area contributed by atoms with E-state index >= 15 is 0 Å². The van der Waals surface area contributed by atoms with Gasteiger partial charge in [-0.1, -0.05) is 41.9 Å². The maximum Gasteiger partial charge on any atom is 0.220 e. The lowest BCUT2D eigenvalue weighted by atomic mass is 9.90. The van der Waals surface area contributed by atoms with Gasteiger partial charge in [0.15, 0.2) is 0 Å². The minimum atomic E-state index is 0.0719. The van der Waals surface area contributed by atoms with Crippen LogP contribution in [0.25, 0.3) is 0 Å². The Balaban J connectivity index is 1.61. The maximum atomic E-state index is 12.4. The Morgan fingerprint density at radius 2 is 1.92 bits per heavy atom. The summed E-state index contributed by atoms with van der Waals surface area (Å²) in [6.45, 7) is 0.471. The third-order valence-electron chi connectivity index (χ3n) is 4.57. The molecule has 126 valence electrons. The normalized spacial score (nSPS) is 14.9. The highest BCUT2D eigenvalue weighted by Crippen LogP contribution is 2.44. The summed E-state index contributed by atoms with van der Waals surface area (Å²) in [6, 6.07) is 15.7. The number of nitrogens with one attached hydrogen (secondary N) is 1. The number of carbonyl (C=O) groups excluding carboxylic acids is 1.